The number of fused-ring (bicyclic) bond motifs is 2. The molecular weight excluding hydrogens is 353 g/mol. The lowest BCUT2D eigenvalue weighted by Crippen LogP contribution is -1.93. The van der Waals surface area contributed by atoms with Crippen molar-refractivity contribution in [2.75, 3.05) is 0 Å². The van der Waals surface area contributed by atoms with Gasteiger partial charge in [0.25, 0.3) is 0 Å². The maximum absolute atomic E-state index is 13.0. The molecule has 4 heterocycles. The van der Waals surface area contributed by atoms with Gasteiger partial charge in [0.2, 0.25) is 5.95 Å². The molecule has 0 radical (unpaired) electrons. The van der Waals surface area contributed by atoms with Gasteiger partial charge in [-0.2, -0.15) is 9.49 Å². The van der Waals surface area contributed by atoms with E-state index in [0.717, 1.165) is 38.8 Å². The largest absolute Gasteiger partial charge is 0.256 e. The van der Waals surface area contributed by atoms with Crippen LogP contribution in [0, 0.1) is 5.95 Å². The molecule has 5 nitrogen and oxygen atoms in total. The third-order valence-electron chi connectivity index (χ3n) is 4.35. The molecule has 0 spiro atoms. The number of hydrogen-bond acceptors (Lipinski definition) is 4. The molecule has 6 heteroatoms. The fourth-order valence-corrected chi connectivity index (χ4v) is 3.10. The minimum atomic E-state index is -0.506. The van der Waals surface area contributed by atoms with Crippen molar-refractivity contribution in [2.24, 2.45) is 0 Å². The van der Waals surface area contributed by atoms with Crippen LogP contribution in [0.4, 0.5) is 4.39 Å². The average Bonchev–Trinajstić information content (AvgIpc) is 3.18. The van der Waals surface area contributed by atoms with E-state index in [-0.39, 0.29) is 0 Å². The molecule has 0 saturated carbocycles. The first-order valence-electron chi connectivity index (χ1n) is 9.09. The summed E-state index contributed by atoms with van der Waals surface area (Å²) in [5.41, 5.74) is 5.26. The van der Waals surface area contributed by atoms with Gasteiger partial charge in [0.05, 0.1) is 11.7 Å². The van der Waals surface area contributed by atoms with Gasteiger partial charge in [-0.1, -0.05) is 32.0 Å². The molecular formula is C22H18FN5. The smallest absolute Gasteiger partial charge is 0.212 e. The lowest BCUT2D eigenvalue weighted by molar-refractivity contribution is 0.584. The van der Waals surface area contributed by atoms with Crippen molar-refractivity contribution in [2.45, 2.75) is 13.8 Å². The first-order valence-corrected chi connectivity index (χ1v) is 9.09. The second-order valence-corrected chi connectivity index (χ2v) is 5.91. The zero-order valence-corrected chi connectivity index (χ0v) is 15.5. The topological polar surface area (TPSA) is 56.0 Å². The van der Waals surface area contributed by atoms with E-state index < -0.39 is 5.95 Å². The summed E-state index contributed by atoms with van der Waals surface area (Å²) in [4.78, 5) is 12.7. The van der Waals surface area contributed by atoms with Gasteiger partial charge in [-0.3, -0.25) is 4.98 Å². The van der Waals surface area contributed by atoms with Crippen LogP contribution < -0.4 is 0 Å². The summed E-state index contributed by atoms with van der Waals surface area (Å²) in [5, 5.41) is 5.50. The van der Waals surface area contributed by atoms with E-state index in [9.17, 15) is 4.39 Å². The summed E-state index contributed by atoms with van der Waals surface area (Å²) in [6.07, 6.45) is 8.68. The van der Waals surface area contributed by atoms with Gasteiger partial charge >= 0.3 is 0 Å². The monoisotopic (exact) mass is 371 g/mol. The van der Waals surface area contributed by atoms with Crippen LogP contribution in [0.25, 0.3) is 38.8 Å². The van der Waals surface area contributed by atoms with Crippen LogP contribution in [-0.4, -0.2) is 24.6 Å². The lowest BCUT2D eigenvalue weighted by Gasteiger charge is -2.05. The highest BCUT2D eigenvalue weighted by molar-refractivity contribution is 5.97. The number of nitrogens with zero attached hydrogens (tertiary/aromatic N) is 5. The summed E-state index contributed by atoms with van der Waals surface area (Å²) in [7, 11) is 0. The van der Waals surface area contributed by atoms with Gasteiger partial charge in [-0.15, -0.1) is 0 Å². The average molecular weight is 371 g/mol. The Morgan fingerprint density at radius 1 is 0.786 bits per heavy atom. The van der Waals surface area contributed by atoms with Crippen molar-refractivity contribution >= 4 is 16.6 Å². The molecule has 0 amide bonds. The molecule has 0 unspecified atom stereocenters. The molecule has 0 saturated heterocycles. The maximum Gasteiger partial charge on any atom is 0.212 e. The Morgan fingerprint density at radius 3 is 2.46 bits per heavy atom. The Labute approximate surface area is 161 Å². The van der Waals surface area contributed by atoms with Crippen molar-refractivity contribution in [3.05, 3.63) is 79.4 Å². The first kappa shape index (κ1) is 17.7. The van der Waals surface area contributed by atoms with Gasteiger partial charge in [-0.05, 0) is 29.8 Å². The Balaban J connectivity index is 0.000000932. The first-order chi connectivity index (χ1) is 13.8. The molecule has 0 N–H and O–H groups in total. The summed E-state index contributed by atoms with van der Waals surface area (Å²) in [6.45, 7) is 4.00. The number of benzene rings is 1. The van der Waals surface area contributed by atoms with Crippen molar-refractivity contribution in [1.29, 1.82) is 0 Å². The fraction of sp³-hybridized carbons (Fsp3) is 0.0909. The van der Waals surface area contributed by atoms with Crippen LogP contribution in [0.5, 0.6) is 0 Å². The molecule has 1 aromatic carbocycles. The van der Waals surface area contributed by atoms with Crippen molar-refractivity contribution in [3.8, 4) is 22.3 Å². The second kappa shape index (κ2) is 7.52. The van der Waals surface area contributed by atoms with Crippen molar-refractivity contribution in [3.63, 3.8) is 0 Å². The van der Waals surface area contributed by atoms with E-state index in [1.807, 2.05) is 50.4 Å². The van der Waals surface area contributed by atoms with Crippen LogP contribution in [0.2, 0.25) is 0 Å². The van der Waals surface area contributed by atoms with Crippen LogP contribution in [0.1, 0.15) is 13.8 Å². The standard InChI is InChI=1S/C20H12FN5.C2H6/c21-19-7-6-13(9-23-19)14-10-24-20-17(11-25-26(20)12-14)15-3-1-5-18-16(15)4-2-8-22-18;1-2/h1-12H;1-2H3. The highest BCUT2D eigenvalue weighted by Crippen LogP contribution is 2.30. The Kier molecular flexibility index (Phi) is 4.76. The number of halogens is 1. The van der Waals surface area contributed by atoms with Crippen LogP contribution in [-0.2, 0) is 0 Å². The molecule has 0 aliphatic heterocycles. The molecule has 4 aromatic heterocycles. The van der Waals surface area contributed by atoms with E-state index in [1.54, 1.807) is 29.2 Å². The van der Waals surface area contributed by atoms with Crippen LogP contribution in [0.3, 0.4) is 0 Å². The second-order valence-electron chi connectivity index (χ2n) is 5.91. The summed E-state index contributed by atoms with van der Waals surface area (Å²) < 4.78 is 14.8. The Bertz CT molecular complexity index is 1240. The van der Waals surface area contributed by atoms with Gasteiger partial charge in [0, 0.05) is 46.9 Å². The van der Waals surface area contributed by atoms with Crippen molar-refractivity contribution in [1.82, 2.24) is 24.6 Å². The van der Waals surface area contributed by atoms with E-state index in [4.69, 9.17) is 0 Å². The van der Waals surface area contributed by atoms with Crippen molar-refractivity contribution < 1.29 is 4.39 Å². The van der Waals surface area contributed by atoms with E-state index in [2.05, 4.69) is 20.1 Å². The number of rotatable bonds is 2. The molecule has 0 aliphatic rings. The van der Waals surface area contributed by atoms with E-state index >= 15 is 0 Å². The summed E-state index contributed by atoms with van der Waals surface area (Å²) in [5.74, 6) is -0.506. The molecule has 0 bridgehead atoms. The third-order valence-corrected chi connectivity index (χ3v) is 4.35. The fourth-order valence-electron chi connectivity index (χ4n) is 3.10. The van der Waals surface area contributed by atoms with Gasteiger partial charge < -0.3 is 0 Å². The predicted molar refractivity (Wildman–Crippen MR) is 108 cm³/mol. The zero-order chi connectivity index (χ0) is 19.5. The third kappa shape index (κ3) is 3.09. The molecule has 5 rings (SSSR count). The van der Waals surface area contributed by atoms with Gasteiger partial charge in [0.1, 0.15) is 0 Å². The normalized spacial score (nSPS) is 10.7. The Morgan fingerprint density at radius 2 is 1.64 bits per heavy atom. The van der Waals surface area contributed by atoms with Gasteiger partial charge in [0.15, 0.2) is 5.65 Å². The number of hydrogen-bond donors (Lipinski definition) is 0. The summed E-state index contributed by atoms with van der Waals surface area (Å²) in [6, 6.07) is 13.0. The molecule has 0 atom stereocenters. The van der Waals surface area contributed by atoms with Gasteiger partial charge in [-0.25, -0.2) is 14.5 Å². The molecule has 5 aromatic rings. The molecule has 28 heavy (non-hydrogen) atoms. The highest BCUT2D eigenvalue weighted by Gasteiger charge is 2.12. The van der Waals surface area contributed by atoms with Crippen LogP contribution >= 0.6 is 0 Å². The molecule has 138 valence electrons. The quantitative estimate of drug-likeness (QED) is 0.402. The molecule has 0 aliphatic carbocycles. The van der Waals surface area contributed by atoms with Crippen LogP contribution in [0.15, 0.2) is 73.4 Å². The molecule has 0 fully saturated rings. The van der Waals surface area contributed by atoms with E-state index in [0.29, 0.717) is 0 Å². The number of aromatic nitrogens is 5. The SMILES string of the molecule is CC.Fc1ccc(-c2cnc3c(-c4cccc5ncccc45)cnn3c2)cn1. The Hall–Kier alpha value is -3.67. The maximum atomic E-state index is 13.0. The zero-order valence-electron chi connectivity index (χ0n) is 15.5. The van der Waals surface area contributed by atoms with E-state index in [1.165, 1.54) is 12.3 Å². The highest BCUT2D eigenvalue weighted by atomic mass is 19.1. The predicted octanol–water partition coefficient (Wildman–Crippen LogP) is 5.17. The minimum Gasteiger partial charge on any atom is -0.256 e. The lowest BCUT2D eigenvalue weighted by atomic mass is 10.0. The number of pyridine rings is 2. The summed E-state index contributed by atoms with van der Waals surface area (Å²) >= 11 is 0. The minimum absolute atomic E-state index is 0.506.